The second kappa shape index (κ2) is 4.84. The summed E-state index contributed by atoms with van der Waals surface area (Å²) in [7, 11) is 0. The van der Waals surface area contributed by atoms with E-state index in [2.05, 4.69) is 31.1 Å². The van der Waals surface area contributed by atoms with Gasteiger partial charge >= 0.3 is 0 Å². The standard InChI is InChI=1S/C13H22N2S/c1-10-8-14-12(16-10)13(2,3)15-9-11-6-4-5-7-11/h8,11,15H,4-7,9H2,1-3H3. The quantitative estimate of drug-likeness (QED) is 0.869. The Labute approximate surface area is 102 Å². The molecule has 0 atom stereocenters. The van der Waals surface area contributed by atoms with Crippen LogP contribution >= 0.6 is 11.3 Å². The Morgan fingerprint density at radius 3 is 2.69 bits per heavy atom. The van der Waals surface area contributed by atoms with Gasteiger partial charge in [-0.2, -0.15) is 0 Å². The van der Waals surface area contributed by atoms with Crippen LogP contribution in [0.4, 0.5) is 0 Å². The van der Waals surface area contributed by atoms with Gasteiger partial charge < -0.3 is 5.32 Å². The lowest BCUT2D eigenvalue weighted by atomic mass is 10.0. The highest BCUT2D eigenvalue weighted by atomic mass is 32.1. The summed E-state index contributed by atoms with van der Waals surface area (Å²) in [5.74, 6) is 0.889. The molecular formula is C13H22N2S. The second-order valence-corrected chi connectivity index (χ2v) is 6.67. The number of thiazole rings is 1. The smallest absolute Gasteiger partial charge is 0.112 e. The van der Waals surface area contributed by atoms with Crippen molar-refractivity contribution in [1.82, 2.24) is 10.3 Å². The molecule has 1 aliphatic rings. The molecule has 0 aliphatic heterocycles. The molecule has 0 aromatic carbocycles. The Bertz CT molecular complexity index is 337. The molecule has 0 spiro atoms. The molecule has 1 N–H and O–H groups in total. The number of aryl methyl sites for hydroxylation is 1. The summed E-state index contributed by atoms with van der Waals surface area (Å²) in [6.07, 6.45) is 7.62. The molecule has 0 radical (unpaired) electrons. The largest absolute Gasteiger partial charge is 0.306 e. The van der Waals surface area contributed by atoms with E-state index in [4.69, 9.17) is 0 Å². The highest BCUT2D eigenvalue weighted by Crippen LogP contribution is 2.28. The van der Waals surface area contributed by atoms with Crippen molar-refractivity contribution in [3.8, 4) is 0 Å². The third-order valence-electron chi connectivity index (χ3n) is 3.46. The molecule has 1 aliphatic carbocycles. The molecule has 2 nitrogen and oxygen atoms in total. The van der Waals surface area contributed by atoms with Gasteiger partial charge in [0.25, 0.3) is 0 Å². The lowest BCUT2D eigenvalue weighted by Crippen LogP contribution is -2.39. The first-order valence-electron chi connectivity index (χ1n) is 6.26. The van der Waals surface area contributed by atoms with Gasteiger partial charge in [0.05, 0.1) is 5.54 Å². The Hall–Kier alpha value is -0.410. The molecule has 0 bridgehead atoms. The van der Waals surface area contributed by atoms with E-state index in [1.165, 1.54) is 35.6 Å². The van der Waals surface area contributed by atoms with Crippen molar-refractivity contribution in [2.75, 3.05) is 6.54 Å². The van der Waals surface area contributed by atoms with Crippen molar-refractivity contribution < 1.29 is 0 Å². The van der Waals surface area contributed by atoms with Crippen LogP contribution in [0.15, 0.2) is 6.20 Å². The van der Waals surface area contributed by atoms with E-state index in [9.17, 15) is 0 Å². The van der Waals surface area contributed by atoms with Crippen molar-refractivity contribution in [1.29, 1.82) is 0 Å². The maximum Gasteiger partial charge on any atom is 0.112 e. The topological polar surface area (TPSA) is 24.9 Å². The summed E-state index contributed by atoms with van der Waals surface area (Å²) in [5, 5.41) is 4.89. The second-order valence-electron chi connectivity index (χ2n) is 5.43. The zero-order valence-corrected chi connectivity index (χ0v) is 11.4. The fourth-order valence-electron chi connectivity index (χ4n) is 2.33. The van der Waals surface area contributed by atoms with E-state index in [-0.39, 0.29) is 5.54 Å². The van der Waals surface area contributed by atoms with E-state index in [0.717, 1.165) is 12.5 Å². The van der Waals surface area contributed by atoms with E-state index in [0.29, 0.717) is 0 Å². The zero-order valence-electron chi connectivity index (χ0n) is 10.5. The van der Waals surface area contributed by atoms with Crippen LogP contribution in [-0.2, 0) is 5.54 Å². The first kappa shape index (κ1) is 12.1. The fourth-order valence-corrected chi connectivity index (χ4v) is 3.18. The average molecular weight is 238 g/mol. The predicted octanol–water partition coefficient (Wildman–Crippen LogP) is 3.47. The van der Waals surface area contributed by atoms with Crippen LogP contribution in [0.1, 0.15) is 49.4 Å². The van der Waals surface area contributed by atoms with E-state index >= 15 is 0 Å². The van der Waals surface area contributed by atoms with Crippen molar-refractivity contribution in [2.45, 2.75) is 52.0 Å². The first-order chi connectivity index (χ1) is 7.58. The number of rotatable bonds is 4. The summed E-state index contributed by atoms with van der Waals surface area (Å²) in [6.45, 7) is 7.74. The maximum atomic E-state index is 4.49. The molecule has 1 aromatic heterocycles. The summed E-state index contributed by atoms with van der Waals surface area (Å²) in [6, 6.07) is 0. The van der Waals surface area contributed by atoms with Crippen LogP contribution in [0.25, 0.3) is 0 Å². The summed E-state index contributed by atoms with van der Waals surface area (Å²) < 4.78 is 0. The van der Waals surface area contributed by atoms with Gasteiger partial charge in [-0.1, -0.05) is 12.8 Å². The van der Waals surface area contributed by atoms with Gasteiger partial charge in [0.1, 0.15) is 5.01 Å². The molecule has 1 saturated carbocycles. The van der Waals surface area contributed by atoms with Crippen LogP contribution in [0, 0.1) is 12.8 Å². The van der Waals surface area contributed by atoms with Crippen LogP contribution < -0.4 is 5.32 Å². The van der Waals surface area contributed by atoms with Gasteiger partial charge in [-0.3, -0.25) is 0 Å². The van der Waals surface area contributed by atoms with E-state index < -0.39 is 0 Å². The Morgan fingerprint density at radius 2 is 2.12 bits per heavy atom. The maximum absolute atomic E-state index is 4.49. The number of aromatic nitrogens is 1. The number of nitrogens with one attached hydrogen (secondary N) is 1. The molecule has 2 rings (SSSR count). The van der Waals surface area contributed by atoms with E-state index in [1.807, 2.05) is 6.20 Å². The van der Waals surface area contributed by atoms with Gasteiger partial charge in [-0.05, 0) is 46.1 Å². The minimum atomic E-state index is 0.0293. The van der Waals surface area contributed by atoms with Gasteiger partial charge in [-0.15, -0.1) is 11.3 Å². The van der Waals surface area contributed by atoms with Crippen LogP contribution in [0.2, 0.25) is 0 Å². The summed E-state index contributed by atoms with van der Waals surface area (Å²) in [5.41, 5.74) is 0.0293. The molecule has 1 heterocycles. The monoisotopic (exact) mass is 238 g/mol. The van der Waals surface area contributed by atoms with Crippen LogP contribution in [0.3, 0.4) is 0 Å². The first-order valence-corrected chi connectivity index (χ1v) is 7.07. The molecule has 0 unspecified atom stereocenters. The van der Waals surface area contributed by atoms with Crippen molar-refractivity contribution in [3.63, 3.8) is 0 Å². The third-order valence-corrected chi connectivity index (χ3v) is 4.70. The Kier molecular flexibility index (Phi) is 3.65. The lowest BCUT2D eigenvalue weighted by molar-refractivity contribution is 0.356. The minimum absolute atomic E-state index is 0.0293. The van der Waals surface area contributed by atoms with Crippen molar-refractivity contribution in [2.24, 2.45) is 5.92 Å². The molecule has 1 aromatic rings. The number of hydrogen-bond acceptors (Lipinski definition) is 3. The van der Waals surface area contributed by atoms with Crippen molar-refractivity contribution in [3.05, 3.63) is 16.1 Å². The lowest BCUT2D eigenvalue weighted by Gasteiger charge is -2.25. The van der Waals surface area contributed by atoms with E-state index in [1.54, 1.807) is 11.3 Å². The number of hydrogen-bond donors (Lipinski definition) is 1. The van der Waals surface area contributed by atoms with Gasteiger partial charge in [0.2, 0.25) is 0 Å². The highest BCUT2D eigenvalue weighted by Gasteiger charge is 2.25. The molecule has 3 heteroatoms. The SMILES string of the molecule is Cc1cnc(C(C)(C)NCC2CCCC2)s1. The van der Waals surface area contributed by atoms with Crippen molar-refractivity contribution >= 4 is 11.3 Å². The fraction of sp³-hybridized carbons (Fsp3) is 0.769. The minimum Gasteiger partial charge on any atom is -0.306 e. The third kappa shape index (κ3) is 2.83. The Balaban J connectivity index is 1.91. The summed E-state index contributed by atoms with van der Waals surface area (Å²) >= 11 is 1.80. The summed E-state index contributed by atoms with van der Waals surface area (Å²) in [4.78, 5) is 5.79. The molecule has 16 heavy (non-hydrogen) atoms. The zero-order chi connectivity index (χ0) is 11.6. The molecule has 90 valence electrons. The molecule has 0 saturated heterocycles. The highest BCUT2D eigenvalue weighted by molar-refractivity contribution is 7.11. The van der Waals surface area contributed by atoms with Gasteiger partial charge in [0, 0.05) is 11.1 Å². The number of nitrogens with zero attached hydrogens (tertiary/aromatic N) is 1. The molecular weight excluding hydrogens is 216 g/mol. The molecule has 0 amide bonds. The average Bonchev–Trinajstić information content (AvgIpc) is 2.85. The Morgan fingerprint density at radius 1 is 1.44 bits per heavy atom. The van der Waals surface area contributed by atoms with Crippen LogP contribution in [0.5, 0.6) is 0 Å². The molecule has 1 fully saturated rings. The van der Waals surface area contributed by atoms with Crippen LogP contribution in [-0.4, -0.2) is 11.5 Å². The van der Waals surface area contributed by atoms with Gasteiger partial charge in [0.15, 0.2) is 0 Å². The normalized spacial score (nSPS) is 18.2. The van der Waals surface area contributed by atoms with Gasteiger partial charge in [-0.25, -0.2) is 4.98 Å². The predicted molar refractivity (Wildman–Crippen MR) is 69.8 cm³/mol.